The molecule has 1 aromatic carbocycles. The summed E-state index contributed by atoms with van der Waals surface area (Å²) in [4.78, 5) is 25.5. The van der Waals surface area contributed by atoms with Gasteiger partial charge in [0, 0.05) is 5.02 Å². The highest BCUT2D eigenvalue weighted by atomic mass is 35.5. The third-order valence-corrected chi connectivity index (χ3v) is 3.44. The predicted octanol–water partition coefficient (Wildman–Crippen LogP) is 2.93. The van der Waals surface area contributed by atoms with Crippen molar-refractivity contribution in [3.63, 3.8) is 0 Å². The molecule has 0 saturated heterocycles. The summed E-state index contributed by atoms with van der Waals surface area (Å²) >= 11 is 17.2. The molecule has 2 aromatic rings. The summed E-state index contributed by atoms with van der Waals surface area (Å²) in [6, 6.07) is 2.78. The van der Waals surface area contributed by atoms with Gasteiger partial charge in [-0.2, -0.15) is 4.39 Å². The zero-order valence-electron chi connectivity index (χ0n) is 9.43. The van der Waals surface area contributed by atoms with Crippen LogP contribution in [0.4, 0.5) is 4.39 Å². The minimum Gasteiger partial charge on any atom is -0.295 e. The average Bonchev–Trinajstić information content (AvgIpc) is 2.33. The van der Waals surface area contributed by atoms with E-state index in [9.17, 15) is 14.0 Å². The van der Waals surface area contributed by atoms with Crippen LogP contribution in [0, 0.1) is 12.7 Å². The summed E-state index contributed by atoms with van der Waals surface area (Å²) in [7, 11) is 0. The molecular weight excluding hydrogens is 317 g/mol. The maximum absolute atomic E-state index is 13.5. The van der Waals surface area contributed by atoms with Gasteiger partial charge in [0.2, 0.25) is 5.82 Å². The van der Waals surface area contributed by atoms with Gasteiger partial charge in [-0.1, -0.05) is 34.8 Å². The van der Waals surface area contributed by atoms with E-state index in [1.165, 1.54) is 12.1 Å². The molecule has 0 aliphatic rings. The number of aromatic amines is 1. The van der Waals surface area contributed by atoms with Gasteiger partial charge in [-0.3, -0.25) is 9.78 Å². The van der Waals surface area contributed by atoms with Gasteiger partial charge in [0.25, 0.3) is 5.56 Å². The Morgan fingerprint density at radius 1 is 1.16 bits per heavy atom. The van der Waals surface area contributed by atoms with Gasteiger partial charge in [-0.25, -0.2) is 9.36 Å². The SMILES string of the molecule is Cc1cc(Cl)c(-n2c(=O)[nH]c(Cl)c(F)c2=O)cc1Cl. The highest BCUT2D eigenvalue weighted by Crippen LogP contribution is 2.26. The third-order valence-electron chi connectivity index (χ3n) is 2.47. The topological polar surface area (TPSA) is 54.9 Å². The number of H-pyrrole nitrogens is 1. The summed E-state index contributed by atoms with van der Waals surface area (Å²) in [5.74, 6) is -1.27. The Balaban J connectivity index is 2.88. The fraction of sp³-hybridized carbons (Fsp3) is 0.0909. The number of aromatic nitrogens is 2. The van der Waals surface area contributed by atoms with Gasteiger partial charge in [0.1, 0.15) is 0 Å². The van der Waals surface area contributed by atoms with Crippen LogP contribution in [-0.2, 0) is 0 Å². The van der Waals surface area contributed by atoms with Crippen molar-refractivity contribution in [1.29, 1.82) is 0 Å². The number of hydrogen-bond donors (Lipinski definition) is 1. The van der Waals surface area contributed by atoms with Crippen molar-refractivity contribution in [2.24, 2.45) is 0 Å². The number of hydrogen-bond acceptors (Lipinski definition) is 2. The first-order valence-corrected chi connectivity index (χ1v) is 6.12. The van der Waals surface area contributed by atoms with E-state index in [1.807, 2.05) is 4.98 Å². The lowest BCUT2D eigenvalue weighted by Gasteiger charge is -2.09. The molecule has 100 valence electrons. The van der Waals surface area contributed by atoms with Gasteiger partial charge in [0.15, 0.2) is 5.15 Å². The molecule has 8 heteroatoms. The van der Waals surface area contributed by atoms with E-state index in [2.05, 4.69) is 0 Å². The van der Waals surface area contributed by atoms with E-state index in [0.29, 0.717) is 15.2 Å². The molecule has 0 spiro atoms. The second kappa shape index (κ2) is 5.00. The quantitative estimate of drug-likeness (QED) is 0.820. The Kier molecular flexibility index (Phi) is 3.71. The highest BCUT2D eigenvalue weighted by molar-refractivity contribution is 6.35. The minimum absolute atomic E-state index is 0.0147. The highest BCUT2D eigenvalue weighted by Gasteiger charge is 2.16. The second-order valence-electron chi connectivity index (χ2n) is 3.75. The van der Waals surface area contributed by atoms with Crippen LogP contribution >= 0.6 is 34.8 Å². The third kappa shape index (κ3) is 2.41. The smallest absolute Gasteiger partial charge is 0.295 e. The number of aryl methyl sites for hydroxylation is 1. The van der Waals surface area contributed by atoms with E-state index in [1.54, 1.807) is 6.92 Å². The van der Waals surface area contributed by atoms with Crippen LogP contribution < -0.4 is 11.2 Å². The van der Waals surface area contributed by atoms with Gasteiger partial charge in [-0.05, 0) is 24.6 Å². The molecule has 1 aromatic heterocycles. The number of halogens is 4. The molecule has 1 heterocycles. The summed E-state index contributed by atoms with van der Waals surface area (Å²) < 4.78 is 14.0. The number of nitrogens with one attached hydrogen (secondary N) is 1. The lowest BCUT2D eigenvalue weighted by atomic mass is 10.2. The Morgan fingerprint density at radius 3 is 2.42 bits per heavy atom. The molecule has 0 radical (unpaired) electrons. The summed E-state index contributed by atoms with van der Waals surface area (Å²) in [6.45, 7) is 1.70. The van der Waals surface area contributed by atoms with Crippen molar-refractivity contribution >= 4 is 34.8 Å². The molecule has 0 atom stereocenters. The van der Waals surface area contributed by atoms with Crippen molar-refractivity contribution in [3.05, 3.63) is 59.5 Å². The van der Waals surface area contributed by atoms with Crippen molar-refractivity contribution in [1.82, 2.24) is 9.55 Å². The summed E-state index contributed by atoms with van der Waals surface area (Å²) in [5.41, 5.74) is -1.46. The van der Waals surface area contributed by atoms with Gasteiger partial charge >= 0.3 is 5.69 Å². The first kappa shape index (κ1) is 14.1. The molecule has 0 fully saturated rings. The van der Waals surface area contributed by atoms with Crippen LogP contribution in [0.1, 0.15) is 5.56 Å². The lowest BCUT2D eigenvalue weighted by molar-refractivity contribution is 0.584. The number of nitrogens with zero attached hydrogens (tertiary/aromatic N) is 1. The van der Waals surface area contributed by atoms with E-state index >= 15 is 0 Å². The largest absolute Gasteiger partial charge is 0.334 e. The Morgan fingerprint density at radius 2 is 1.79 bits per heavy atom. The molecule has 0 saturated carbocycles. The van der Waals surface area contributed by atoms with Crippen molar-refractivity contribution < 1.29 is 4.39 Å². The maximum atomic E-state index is 13.5. The Labute approximate surface area is 121 Å². The van der Waals surface area contributed by atoms with E-state index in [4.69, 9.17) is 34.8 Å². The van der Waals surface area contributed by atoms with Gasteiger partial charge in [0.05, 0.1) is 10.7 Å². The molecule has 19 heavy (non-hydrogen) atoms. The van der Waals surface area contributed by atoms with Crippen LogP contribution in [0.15, 0.2) is 21.7 Å². The van der Waals surface area contributed by atoms with Gasteiger partial charge < -0.3 is 0 Å². The lowest BCUT2D eigenvalue weighted by Crippen LogP contribution is -2.36. The summed E-state index contributed by atoms with van der Waals surface area (Å²) in [5, 5.41) is -0.266. The molecule has 1 N–H and O–H groups in total. The standard InChI is InChI=1S/C11H6Cl3FN2O2/c1-4-2-6(13)7(3-5(4)12)17-10(18)8(15)9(14)16-11(17)19/h2-3H,1H3,(H,16,19). The Hall–Kier alpha value is -1.30. The molecule has 0 unspecified atom stereocenters. The normalized spacial score (nSPS) is 10.8. The first-order valence-electron chi connectivity index (χ1n) is 4.99. The summed E-state index contributed by atoms with van der Waals surface area (Å²) in [6.07, 6.45) is 0. The maximum Gasteiger partial charge on any atom is 0.334 e. The Bertz CT molecular complexity index is 783. The fourth-order valence-corrected chi connectivity index (χ4v) is 2.14. The fourth-order valence-electron chi connectivity index (χ4n) is 1.51. The zero-order chi connectivity index (χ0) is 14.3. The van der Waals surface area contributed by atoms with Crippen LogP contribution in [0.5, 0.6) is 0 Å². The molecule has 0 aliphatic carbocycles. The monoisotopic (exact) mass is 322 g/mol. The van der Waals surface area contributed by atoms with E-state index in [0.717, 1.165) is 0 Å². The van der Waals surface area contributed by atoms with Crippen molar-refractivity contribution in [3.8, 4) is 5.69 Å². The number of rotatable bonds is 1. The van der Waals surface area contributed by atoms with Crippen LogP contribution in [0.25, 0.3) is 5.69 Å². The molecule has 2 rings (SSSR count). The molecular formula is C11H6Cl3FN2O2. The second-order valence-corrected chi connectivity index (χ2v) is 4.94. The molecule has 4 nitrogen and oxygen atoms in total. The van der Waals surface area contributed by atoms with Gasteiger partial charge in [-0.15, -0.1) is 0 Å². The van der Waals surface area contributed by atoms with E-state index in [-0.39, 0.29) is 10.7 Å². The average molecular weight is 324 g/mol. The van der Waals surface area contributed by atoms with Crippen LogP contribution in [0.3, 0.4) is 0 Å². The molecule has 0 amide bonds. The zero-order valence-corrected chi connectivity index (χ0v) is 11.7. The molecule has 0 bridgehead atoms. The van der Waals surface area contributed by atoms with Crippen molar-refractivity contribution in [2.75, 3.05) is 0 Å². The van der Waals surface area contributed by atoms with Crippen LogP contribution in [-0.4, -0.2) is 9.55 Å². The van der Waals surface area contributed by atoms with Crippen LogP contribution in [0.2, 0.25) is 15.2 Å². The molecule has 0 aliphatic heterocycles. The van der Waals surface area contributed by atoms with E-state index < -0.39 is 22.2 Å². The number of benzene rings is 1. The first-order chi connectivity index (χ1) is 8.82. The minimum atomic E-state index is -1.27. The predicted molar refractivity (Wildman–Crippen MR) is 72.4 cm³/mol. The van der Waals surface area contributed by atoms with Crippen molar-refractivity contribution in [2.45, 2.75) is 6.92 Å².